The Morgan fingerprint density at radius 2 is 2.17 bits per heavy atom. The maximum atomic E-state index is 12.2. The first kappa shape index (κ1) is 16.8. The van der Waals surface area contributed by atoms with Crippen molar-refractivity contribution < 1.29 is 19.4 Å². The van der Waals surface area contributed by atoms with E-state index in [1.165, 1.54) is 12.5 Å². The van der Waals surface area contributed by atoms with E-state index < -0.39 is 0 Å². The molecule has 1 aliphatic heterocycles. The average molecular weight is 332 g/mol. The summed E-state index contributed by atoms with van der Waals surface area (Å²) in [5.41, 5.74) is 2.23. The molecule has 1 saturated carbocycles. The fourth-order valence-electron chi connectivity index (χ4n) is 3.37. The van der Waals surface area contributed by atoms with Crippen LogP contribution in [0.2, 0.25) is 0 Å². The van der Waals surface area contributed by atoms with Gasteiger partial charge < -0.3 is 20.5 Å². The molecule has 0 unspecified atom stereocenters. The van der Waals surface area contributed by atoms with Gasteiger partial charge in [-0.1, -0.05) is 6.07 Å². The van der Waals surface area contributed by atoms with Gasteiger partial charge in [-0.3, -0.25) is 9.59 Å². The number of aliphatic hydroxyl groups is 1. The quantitative estimate of drug-likeness (QED) is 0.727. The molecule has 0 radical (unpaired) electrons. The highest BCUT2D eigenvalue weighted by atomic mass is 16.5. The van der Waals surface area contributed by atoms with Crippen LogP contribution in [0.5, 0.6) is 5.75 Å². The Bertz CT molecular complexity index is 625. The van der Waals surface area contributed by atoms with Gasteiger partial charge in [-0.2, -0.15) is 0 Å². The second kappa shape index (κ2) is 7.21. The van der Waals surface area contributed by atoms with Crippen molar-refractivity contribution in [2.24, 2.45) is 5.92 Å². The minimum absolute atomic E-state index is 0.0908. The Morgan fingerprint density at radius 3 is 2.88 bits per heavy atom. The zero-order valence-corrected chi connectivity index (χ0v) is 13.9. The highest BCUT2D eigenvalue weighted by Gasteiger charge is 2.36. The van der Waals surface area contributed by atoms with E-state index in [0.29, 0.717) is 26.0 Å². The number of amides is 2. The second-order valence-corrected chi connectivity index (χ2v) is 6.63. The molecule has 0 bridgehead atoms. The number of hydrogen-bond donors (Lipinski definition) is 3. The lowest BCUT2D eigenvalue weighted by Gasteiger charge is -2.38. The molecular weight excluding hydrogens is 308 g/mol. The van der Waals surface area contributed by atoms with E-state index in [1.807, 2.05) is 12.1 Å². The number of ether oxygens (including phenoxy) is 1. The smallest absolute Gasteiger partial charge is 0.222 e. The fourth-order valence-corrected chi connectivity index (χ4v) is 3.37. The number of carbonyl (C=O) groups excluding carboxylic acids is 2. The van der Waals surface area contributed by atoms with E-state index in [9.17, 15) is 14.7 Å². The van der Waals surface area contributed by atoms with Gasteiger partial charge in [0, 0.05) is 26.3 Å². The maximum Gasteiger partial charge on any atom is 0.222 e. The van der Waals surface area contributed by atoms with Crippen LogP contribution in [-0.2, 0) is 16.0 Å². The van der Waals surface area contributed by atoms with Crippen LogP contribution < -0.4 is 15.4 Å². The molecule has 3 rings (SSSR count). The summed E-state index contributed by atoms with van der Waals surface area (Å²) < 4.78 is 5.54. The van der Waals surface area contributed by atoms with Gasteiger partial charge in [0.25, 0.3) is 0 Å². The van der Waals surface area contributed by atoms with Crippen molar-refractivity contribution in [1.29, 1.82) is 0 Å². The molecule has 0 saturated heterocycles. The molecule has 24 heavy (non-hydrogen) atoms. The van der Waals surface area contributed by atoms with Gasteiger partial charge in [-0.15, -0.1) is 0 Å². The van der Waals surface area contributed by atoms with Crippen LogP contribution in [0.1, 0.15) is 43.4 Å². The molecular formula is C18H24N2O4. The number of aliphatic hydroxyl groups excluding tert-OH is 1. The molecule has 1 fully saturated rings. The molecule has 0 aromatic heterocycles. The minimum Gasteiger partial charge on any atom is -0.493 e. The van der Waals surface area contributed by atoms with Crippen molar-refractivity contribution in [1.82, 2.24) is 10.6 Å². The van der Waals surface area contributed by atoms with Crippen LogP contribution in [0.25, 0.3) is 0 Å². The minimum atomic E-state index is -0.272. The van der Waals surface area contributed by atoms with Crippen molar-refractivity contribution in [3.05, 3.63) is 29.3 Å². The third kappa shape index (κ3) is 3.87. The molecule has 0 spiro atoms. The maximum absolute atomic E-state index is 12.2. The van der Waals surface area contributed by atoms with E-state index in [-0.39, 0.29) is 36.3 Å². The molecule has 6 heteroatoms. The molecule has 1 aliphatic carbocycles. The molecule has 1 heterocycles. The highest BCUT2D eigenvalue weighted by Crippen LogP contribution is 2.39. The Hall–Kier alpha value is -2.08. The summed E-state index contributed by atoms with van der Waals surface area (Å²) in [5, 5.41) is 15.3. The summed E-state index contributed by atoms with van der Waals surface area (Å²) in [4.78, 5) is 23.1. The Morgan fingerprint density at radius 1 is 1.38 bits per heavy atom. The molecule has 1 aromatic carbocycles. The van der Waals surface area contributed by atoms with E-state index in [4.69, 9.17) is 4.74 Å². The van der Waals surface area contributed by atoms with Crippen molar-refractivity contribution in [2.75, 3.05) is 13.2 Å². The summed E-state index contributed by atoms with van der Waals surface area (Å²) >= 11 is 0. The van der Waals surface area contributed by atoms with Gasteiger partial charge in [0.05, 0.1) is 18.8 Å². The highest BCUT2D eigenvalue weighted by molar-refractivity contribution is 5.78. The fraction of sp³-hybridized carbons (Fsp3) is 0.556. The first-order valence-electron chi connectivity index (χ1n) is 8.50. The van der Waals surface area contributed by atoms with Crippen LogP contribution in [-0.4, -0.2) is 36.2 Å². The van der Waals surface area contributed by atoms with Crippen LogP contribution >= 0.6 is 0 Å². The molecule has 130 valence electrons. The zero-order chi connectivity index (χ0) is 17.1. The first-order valence-corrected chi connectivity index (χ1v) is 8.50. The third-order valence-corrected chi connectivity index (χ3v) is 4.74. The topological polar surface area (TPSA) is 87.7 Å². The first-order chi connectivity index (χ1) is 11.5. The van der Waals surface area contributed by atoms with E-state index in [2.05, 4.69) is 16.7 Å². The van der Waals surface area contributed by atoms with Gasteiger partial charge in [0.1, 0.15) is 5.75 Å². The van der Waals surface area contributed by atoms with Crippen LogP contribution in [0.4, 0.5) is 0 Å². The molecule has 2 amide bonds. The van der Waals surface area contributed by atoms with Gasteiger partial charge in [0.2, 0.25) is 11.8 Å². The average Bonchev–Trinajstić information content (AvgIpc) is 2.97. The van der Waals surface area contributed by atoms with Gasteiger partial charge in [0.15, 0.2) is 0 Å². The van der Waals surface area contributed by atoms with Crippen molar-refractivity contribution in [2.45, 2.75) is 44.8 Å². The third-order valence-electron chi connectivity index (χ3n) is 4.74. The molecule has 3 N–H and O–H groups in total. The lowest BCUT2D eigenvalue weighted by Crippen LogP contribution is -2.42. The van der Waals surface area contributed by atoms with E-state index in [0.717, 1.165) is 17.7 Å². The Labute approximate surface area is 141 Å². The summed E-state index contributed by atoms with van der Waals surface area (Å²) in [6.07, 6.45) is 2.26. The van der Waals surface area contributed by atoms with Crippen molar-refractivity contribution in [3.63, 3.8) is 0 Å². The number of benzene rings is 1. The molecule has 2 aliphatic rings. The van der Waals surface area contributed by atoms with Gasteiger partial charge >= 0.3 is 0 Å². The zero-order valence-electron chi connectivity index (χ0n) is 13.9. The van der Waals surface area contributed by atoms with Crippen LogP contribution in [0, 0.1) is 5.92 Å². The van der Waals surface area contributed by atoms with E-state index >= 15 is 0 Å². The van der Waals surface area contributed by atoms with Gasteiger partial charge in [-0.05, 0) is 42.0 Å². The van der Waals surface area contributed by atoms with Crippen molar-refractivity contribution >= 4 is 11.8 Å². The molecule has 6 nitrogen and oxygen atoms in total. The lowest BCUT2D eigenvalue weighted by atomic mass is 9.75. The standard InChI is InChI=1S/C18H24N2O4/c1-11(21)19-6-4-17(23)20-18(14-9-15(22)10-14)13-2-3-16-12(8-13)5-7-24-16/h2-3,8,14-15,18,22H,4-7,9-10H2,1H3,(H,19,21)(H,20,23)/t14?,15?,18-/m1/s1. The van der Waals surface area contributed by atoms with Crippen molar-refractivity contribution in [3.8, 4) is 5.75 Å². The number of carbonyl (C=O) groups is 2. The second-order valence-electron chi connectivity index (χ2n) is 6.63. The largest absolute Gasteiger partial charge is 0.493 e. The summed E-state index contributed by atoms with van der Waals surface area (Å²) in [7, 11) is 0. The SMILES string of the molecule is CC(=O)NCCC(=O)N[C@H](c1ccc2c(c1)CCO2)C1CC(O)C1. The number of rotatable bonds is 6. The Balaban J connectivity index is 1.67. The molecule has 1 atom stereocenters. The lowest BCUT2D eigenvalue weighted by molar-refractivity contribution is -0.123. The normalized spacial score (nSPS) is 22.8. The predicted octanol–water partition coefficient (Wildman–Crippen LogP) is 1.08. The summed E-state index contributed by atoms with van der Waals surface area (Å²) in [6.45, 7) is 2.47. The van der Waals surface area contributed by atoms with E-state index in [1.54, 1.807) is 0 Å². The van der Waals surface area contributed by atoms with Crippen LogP contribution in [0.3, 0.4) is 0 Å². The number of fused-ring (bicyclic) bond motifs is 1. The summed E-state index contributed by atoms with van der Waals surface area (Å²) in [6, 6.07) is 5.95. The van der Waals surface area contributed by atoms with Gasteiger partial charge in [-0.25, -0.2) is 0 Å². The predicted molar refractivity (Wildman–Crippen MR) is 88.6 cm³/mol. The number of nitrogens with one attached hydrogen (secondary N) is 2. The summed E-state index contributed by atoms with van der Waals surface area (Å²) in [5.74, 6) is 0.931. The monoisotopic (exact) mass is 332 g/mol. The number of hydrogen-bond acceptors (Lipinski definition) is 4. The van der Waals surface area contributed by atoms with Crippen LogP contribution in [0.15, 0.2) is 18.2 Å². The Kier molecular flexibility index (Phi) is 5.04. The molecule has 1 aromatic rings.